The fourth-order valence-electron chi connectivity index (χ4n) is 3.88. The second-order valence-corrected chi connectivity index (χ2v) is 7.67. The highest BCUT2D eigenvalue weighted by Crippen LogP contribution is 2.50. The van der Waals surface area contributed by atoms with E-state index in [1.54, 1.807) is 12.1 Å². The lowest BCUT2D eigenvalue weighted by molar-refractivity contribution is -0.180. The third-order valence-electron chi connectivity index (χ3n) is 5.22. The summed E-state index contributed by atoms with van der Waals surface area (Å²) in [5, 5.41) is 2.91. The van der Waals surface area contributed by atoms with Gasteiger partial charge in [0.05, 0.1) is 35.5 Å². The fraction of sp³-hybridized carbons (Fsp3) is 0.227. The molecule has 0 N–H and O–H groups in total. The van der Waals surface area contributed by atoms with Crippen LogP contribution in [0.5, 0.6) is 5.75 Å². The van der Waals surface area contributed by atoms with Crippen LogP contribution < -0.4 is 9.64 Å². The van der Waals surface area contributed by atoms with E-state index in [2.05, 4.69) is 0 Å². The zero-order chi connectivity index (χ0) is 20.0. The predicted molar refractivity (Wildman–Crippen MR) is 112 cm³/mol. The first-order chi connectivity index (χ1) is 14.1. The van der Waals surface area contributed by atoms with E-state index in [-0.39, 0.29) is 19.1 Å². The molecule has 7 heteroatoms. The SMILES string of the molecule is O=C1N(CCOc2ccc3ccccc3c2)c2c(ccc(Cl)c2Cl)C12OCCO2. The Bertz CT molecular complexity index is 1110. The Balaban J connectivity index is 1.39. The van der Waals surface area contributed by atoms with Gasteiger partial charge in [-0.1, -0.05) is 53.5 Å². The minimum absolute atomic E-state index is 0.280. The van der Waals surface area contributed by atoms with Crippen molar-refractivity contribution in [2.24, 2.45) is 0 Å². The van der Waals surface area contributed by atoms with Crippen LogP contribution in [0.2, 0.25) is 10.0 Å². The van der Waals surface area contributed by atoms with Gasteiger partial charge in [0.1, 0.15) is 12.4 Å². The van der Waals surface area contributed by atoms with Crippen LogP contribution in [0.1, 0.15) is 5.56 Å². The average molecular weight is 430 g/mol. The Morgan fingerprint density at radius 1 is 1.00 bits per heavy atom. The molecule has 2 heterocycles. The van der Waals surface area contributed by atoms with Gasteiger partial charge in [-0.05, 0) is 35.0 Å². The molecule has 1 spiro atoms. The molecule has 0 radical (unpaired) electrons. The molecule has 2 aliphatic heterocycles. The second-order valence-electron chi connectivity index (χ2n) is 6.89. The monoisotopic (exact) mass is 429 g/mol. The van der Waals surface area contributed by atoms with Gasteiger partial charge in [-0.2, -0.15) is 0 Å². The van der Waals surface area contributed by atoms with E-state index >= 15 is 0 Å². The number of hydrogen-bond acceptors (Lipinski definition) is 4. The highest BCUT2D eigenvalue weighted by molar-refractivity contribution is 6.44. The van der Waals surface area contributed by atoms with Gasteiger partial charge in [-0.25, -0.2) is 0 Å². The van der Waals surface area contributed by atoms with E-state index in [1.165, 1.54) is 4.90 Å². The van der Waals surface area contributed by atoms with Crippen LogP contribution in [-0.2, 0) is 20.1 Å². The van der Waals surface area contributed by atoms with E-state index in [4.69, 9.17) is 37.4 Å². The first-order valence-electron chi connectivity index (χ1n) is 9.30. The van der Waals surface area contributed by atoms with Crippen LogP contribution in [0.25, 0.3) is 10.8 Å². The highest BCUT2D eigenvalue weighted by atomic mass is 35.5. The molecular formula is C22H17Cl2NO4. The number of anilines is 1. The minimum atomic E-state index is -1.44. The predicted octanol–water partition coefficient (Wildman–Crippen LogP) is 4.77. The van der Waals surface area contributed by atoms with Crippen LogP contribution in [0.3, 0.4) is 0 Å². The number of benzene rings is 3. The van der Waals surface area contributed by atoms with Gasteiger partial charge in [-0.3, -0.25) is 4.79 Å². The summed E-state index contributed by atoms with van der Waals surface area (Å²) in [6.45, 7) is 1.25. The molecule has 5 nitrogen and oxygen atoms in total. The Hall–Kier alpha value is -2.31. The number of carbonyl (C=O) groups is 1. The van der Waals surface area contributed by atoms with Gasteiger partial charge in [0, 0.05) is 5.56 Å². The van der Waals surface area contributed by atoms with E-state index in [0.29, 0.717) is 34.5 Å². The summed E-state index contributed by atoms with van der Waals surface area (Å²) >= 11 is 12.6. The summed E-state index contributed by atoms with van der Waals surface area (Å²) in [7, 11) is 0. The van der Waals surface area contributed by atoms with Gasteiger partial charge >= 0.3 is 0 Å². The molecule has 3 aromatic carbocycles. The summed E-state index contributed by atoms with van der Waals surface area (Å²) in [4.78, 5) is 14.7. The van der Waals surface area contributed by atoms with Crippen molar-refractivity contribution in [2.45, 2.75) is 5.79 Å². The summed E-state index contributed by atoms with van der Waals surface area (Å²) in [6.07, 6.45) is 0. The number of hydrogen-bond donors (Lipinski definition) is 0. The average Bonchev–Trinajstić information content (AvgIpc) is 3.31. The van der Waals surface area contributed by atoms with Crippen molar-refractivity contribution in [3.8, 4) is 5.75 Å². The van der Waals surface area contributed by atoms with E-state index in [1.807, 2.05) is 42.5 Å². The molecule has 0 saturated carbocycles. The topological polar surface area (TPSA) is 48.0 Å². The smallest absolute Gasteiger partial charge is 0.292 e. The van der Waals surface area contributed by atoms with Crippen molar-refractivity contribution in [2.75, 3.05) is 31.3 Å². The standard InChI is InChI=1S/C22H17Cl2NO4/c23-18-8-7-17-20(19(18)24)25(21(26)22(17)28-11-12-29-22)9-10-27-16-6-5-14-3-1-2-4-15(14)13-16/h1-8,13H,9-12H2. The summed E-state index contributed by atoms with van der Waals surface area (Å²) in [5.41, 5.74) is 1.10. The summed E-state index contributed by atoms with van der Waals surface area (Å²) in [6, 6.07) is 17.3. The third-order valence-corrected chi connectivity index (χ3v) is 6.01. The lowest BCUT2D eigenvalue weighted by Gasteiger charge is -2.22. The molecule has 2 aliphatic rings. The molecule has 0 bridgehead atoms. The largest absolute Gasteiger partial charge is 0.492 e. The minimum Gasteiger partial charge on any atom is -0.492 e. The highest BCUT2D eigenvalue weighted by Gasteiger charge is 2.56. The third kappa shape index (κ3) is 2.97. The number of ether oxygens (including phenoxy) is 3. The zero-order valence-corrected chi connectivity index (χ0v) is 16.9. The molecule has 1 saturated heterocycles. The Morgan fingerprint density at radius 3 is 2.55 bits per heavy atom. The van der Waals surface area contributed by atoms with Crippen molar-refractivity contribution in [1.29, 1.82) is 0 Å². The van der Waals surface area contributed by atoms with Crippen molar-refractivity contribution in [3.05, 3.63) is 70.2 Å². The van der Waals surface area contributed by atoms with Crippen LogP contribution >= 0.6 is 23.2 Å². The number of fused-ring (bicyclic) bond motifs is 3. The molecule has 3 aromatic rings. The lowest BCUT2D eigenvalue weighted by Crippen LogP contribution is -2.42. The van der Waals surface area contributed by atoms with E-state index in [9.17, 15) is 4.79 Å². The first kappa shape index (κ1) is 18.7. The van der Waals surface area contributed by atoms with E-state index < -0.39 is 5.79 Å². The Labute approximate surface area is 177 Å². The number of halogens is 2. The molecule has 0 aromatic heterocycles. The molecule has 0 atom stereocenters. The van der Waals surface area contributed by atoms with Crippen molar-refractivity contribution in [1.82, 2.24) is 0 Å². The first-order valence-corrected chi connectivity index (χ1v) is 10.1. The maximum absolute atomic E-state index is 13.2. The summed E-state index contributed by atoms with van der Waals surface area (Å²) < 4.78 is 17.4. The fourth-order valence-corrected chi connectivity index (χ4v) is 4.30. The van der Waals surface area contributed by atoms with Crippen LogP contribution in [0.4, 0.5) is 5.69 Å². The molecule has 148 valence electrons. The number of amides is 1. The maximum Gasteiger partial charge on any atom is 0.292 e. The Kier molecular flexibility index (Phi) is 4.63. The van der Waals surface area contributed by atoms with Crippen molar-refractivity contribution in [3.63, 3.8) is 0 Å². The van der Waals surface area contributed by atoms with Gasteiger partial charge < -0.3 is 19.1 Å². The Morgan fingerprint density at radius 2 is 1.76 bits per heavy atom. The second kappa shape index (κ2) is 7.18. The molecule has 1 amide bonds. The quantitative estimate of drug-likeness (QED) is 0.598. The van der Waals surface area contributed by atoms with Gasteiger partial charge in [-0.15, -0.1) is 0 Å². The molecule has 0 aliphatic carbocycles. The van der Waals surface area contributed by atoms with Crippen molar-refractivity contribution < 1.29 is 19.0 Å². The lowest BCUT2D eigenvalue weighted by atomic mass is 10.1. The molecule has 0 unspecified atom stereocenters. The van der Waals surface area contributed by atoms with Gasteiger partial charge in [0.15, 0.2) is 0 Å². The summed E-state index contributed by atoms with van der Waals surface area (Å²) in [5.74, 6) is -1.01. The normalized spacial score (nSPS) is 17.3. The molecular weight excluding hydrogens is 413 g/mol. The van der Waals surface area contributed by atoms with Crippen LogP contribution in [0.15, 0.2) is 54.6 Å². The molecule has 5 rings (SSSR count). The number of rotatable bonds is 4. The van der Waals surface area contributed by atoms with Gasteiger partial charge in [0.25, 0.3) is 11.7 Å². The van der Waals surface area contributed by atoms with Crippen molar-refractivity contribution >= 4 is 45.6 Å². The van der Waals surface area contributed by atoms with E-state index in [0.717, 1.165) is 16.5 Å². The van der Waals surface area contributed by atoms with Crippen LogP contribution in [0, 0.1) is 0 Å². The zero-order valence-electron chi connectivity index (χ0n) is 15.4. The molecule has 1 fully saturated rings. The maximum atomic E-state index is 13.2. The molecule has 29 heavy (non-hydrogen) atoms. The number of nitrogens with zero attached hydrogens (tertiary/aromatic N) is 1. The number of carbonyl (C=O) groups excluding carboxylic acids is 1. The van der Waals surface area contributed by atoms with Crippen LogP contribution in [-0.4, -0.2) is 32.3 Å². The van der Waals surface area contributed by atoms with Gasteiger partial charge in [0.2, 0.25) is 0 Å².